The van der Waals surface area contributed by atoms with Gasteiger partial charge in [0.2, 0.25) is 10.0 Å². The Morgan fingerprint density at radius 3 is 2.29 bits per heavy atom. The van der Waals surface area contributed by atoms with Crippen LogP contribution >= 0.6 is 33.9 Å². The fourth-order valence-electron chi connectivity index (χ4n) is 3.23. The molecule has 1 aliphatic heterocycles. The zero-order chi connectivity index (χ0) is 19.7. The van der Waals surface area contributed by atoms with Crippen LogP contribution in [0.5, 0.6) is 0 Å². The Morgan fingerprint density at radius 1 is 1.00 bits per heavy atom. The third-order valence-corrected chi connectivity index (χ3v) is 8.38. The van der Waals surface area contributed by atoms with Crippen molar-refractivity contribution in [3.8, 4) is 11.3 Å². The monoisotopic (exact) mass is 525 g/mol. The summed E-state index contributed by atoms with van der Waals surface area (Å²) in [7, 11) is -1.40. The van der Waals surface area contributed by atoms with Gasteiger partial charge in [-0.25, -0.2) is 13.4 Å². The normalized spacial score (nSPS) is 16.0. The molecule has 2 aromatic carbocycles. The van der Waals surface area contributed by atoms with E-state index in [4.69, 9.17) is 4.99 Å². The van der Waals surface area contributed by atoms with Crippen molar-refractivity contribution in [3.05, 3.63) is 62.3 Å². The van der Waals surface area contributed by atoms with Gasteiger partial charge in [0.15, 0.2) is 4.80 Å². The summed E-state index contributed by atoms with van der Waals surface area (Å²) in [4.78, 5) is 5.97. The van der Waals surface area contributed by atoms with E-state index >= 15 is 0 Å². The summed E-state index contributed by atoms with van der Waals surface area (Å²) < 4.78 is 30.2. The minimum Gasteiger partial charge on any atom is -0.320 e. The quantitative estimate of drug-likeness (QED) is 0.475. The van der Waals surface area contributed by atoms with Gasteiger partial charge in [0, 0.05) is 29.1 Å². The van der Waals surface area contributed by atoms with Crippen LogP contribution in [0.2, 0.25) is 0 Å². The van der Waals surface area contributed by atoms with Crippen molar-refractivity contribution >= 4 is 49.6 Å². The van der Waals surface area contributed by atoms with E-state index in [1.807, 2.05) is 48.0 Å². The summed E-state index contributed by atoms with van der Waals surface area (Å²) in [5.74, 6) is 0. The van der Waals surface area contributed by atoms with Crippen LogP contribution in [0.25, 0.3) is 11.3 Å². The molecule has 0 spiro atoms. The van der Waals surface area contributed by atoms with Crippen LogP contribution in [0.1, 0.15) is 12.8 Å². The highest BCUT2D eigenvalue weighted by molar-refractivity contribution is 14.1. The number of benzene rings is 2. The summed E-state index contributed by atoms with van der Waals surface area (Å²) in [6, 6.07) is 15.2. The molecule has 0 saturated carbocycles. The number of hydrogen-bond donors (Lipinski definition) is 0. The molecule has 0 amide bonds. The minimum atomic E-state index is -3.38. The van der Waals surface area contributed by atoms with Crippen LogP contribution in [0.3, 0.4) is 0 Å². The van der Waals surface area contributed by atoms with Gasteiger partial charge in [0.1, 0.15) is 0 Å². The standard InChI is InChI=1S/C20H20IN3O2S2/c1-23-19(14-27-20(23)22-17-8-6-16(21)7-9-17)15-4-10-18(11-5-15)28(25,26)24-12-2-3-13-24/h4-11,14H,2-3,12-13H2,1H3. The van der Waals surface area contributed by atoms with E-state index in [1.165, 1.54) is 3.57 Å². The molecule has 0 aliphatic carbocycles. The van der Waals surface area contributed by atoms with Gasteiger partial charge in [-0.2, -0.15) is 4.31 Å². The second-order valence-electron chi connectivity index (χ2n) is 6.69. The largest absolute Gasteiger partial charge is 0.320 e. The molecule has 1 aromatic heterocycles. The zero-order valence-electron chi connectivity index (χ0n) is 15.4. The number of hydrogen-bond acceptors (Lipinski definition) is 4. The SMILES string of the molecule is Cn1c(-c2ccc(S(=O)(=O)N3CCCC3)cc2)csc1=Nc1ccc(I)cc1. The lowest BCUT2D eigenvalue weighted by Gasteiger charge is -2.15. The molecular formula is C20H20IN3O2S2. The summed E-state index contributed by atoms with van der Waals surface area (Å²) in [6.07, 6.45) is 1.88. The molecule has 0 radical (unpaired) electrons. The molecule has 146 valence electrons. The molecule has 0 N–H and O–H groups in total. The summed E-state index contributed by atoms with van der Waals surface area (Å²) in [5, 5.41) is 2.05. The third kappa shape index (κ3) is 3.96. The predicted octanol–water partition coefficient (Wildman–Crippen LogP) is 4.38. The second-order valence-corrected chi connectivity index (χ2v) is 10.7. The van der Waals surface area contributed by atoms with E-state index in [-0.39, 0.29) is 0 Å². The van der Waals surface area contributed by atoms with Gasteiger partial charge in [-0.3, -0.25) is 0 Å². The highest BCUT2D eigenvalue weighted by atomic mass is 127. The van der Waals surface area contributed by atoms with Gasteiger partial charge >= 0.3 is 0 Å². The fraction of sp³-hybridized carbons (Fsp3) is 0.250. The molecule has 4 rings (SSSR count). The van der Waals surface area contributed by atoms with Crippen LogP contribution in [0.15, 0.2) is 63.8 Å². The van der Waals surface area contributed by atoms with Gasteiger partial charge in [-0.1, -0.05) is 12.1 Å². The first kappa shape index (κ1) is 19.8. The topological polar surface area (TPSA) is 54.7 Å². The van der Waals surface area contributed by atoms with Gasteiger partial charge in [0.25, 0.3) is 0 Å². The van der Waals surface area contributed by atoms with Crippen molar-refractivity contribution < 1.29 is 8.42 Å². The van der Waals surface area contributed by atoms with E-state index < -0.39 is 10.0 Å². The lowest BCUT2D eigenvalue weighted by molar-refractivity contribution is 0.477. The number of aromatic nitrogens is 1. The van der Waals surface area contributed by atoms with Crippen molar-refractivity contribution in [2.75, 3.05) is 13.1 Å². The summed E-state index contributed by atoms with van der Waals surface area (Å²) in [6.45, 7) is 1.24. The van der Waals surface area contributed by atoms with Crippen LogP contribution in [0, 0.1) is 3.57 Å². The maximum atomic E-state index is 12.7. The minimum absolute atomic E-state index is 0.361. The van der Waals surface area contributed by atoms with Gasteiger partial charge < -0.3 is 4.57 Å². The molecule has 1 aliphatic rings. The molecule has 1 fully saturated rings. The van der Waals surface area contributed by atoms with Gasteiger partial charge in [0.05, 0.1) is 16.3 Å². The molecular weight excluding hydrogens is 505 g/mol. The molecule has 8 heteroatoms. The molecule has 3 aromatic rings. The lowest BCUT2D eigenvalue weighted by Crippen LogP contribution is -2.27. The molecule has 2 heterocycles. The van der Waals surface area contributed by atoms with E-state index in [2.05, 4.69) is 28.0 Å². The van der Waals surface area contributed by atoms with E-state index in [1.54, 1.807) is 27.8 Å². The van der Waals surface area contributed by atoms with Crippen LogP contribution in [-0.2, 0) is 17.1 Å². The Kier molecular flexibility index (Phi) is 5.73. The van der Waals surface area contributed by atoms with E-state index in [9.17, 15) is 8.42 Å². The summed E-state index contributed by atoms with van der Waals surface area (Å²) in [5.41, 5.74) is 2.90. The van der Waals surface area contributed by atoms with Gasteiger partial charge in [-0.15, -0.1) is 11.3 Å². The molecule has 0 bridgehead atoms. The number of nitrogens with zero attached hydrogens (tertiary/aromatic N) is 3. The Bertz CT molecular complexity index is 1140. The predicted molar refractivity (Wildman–Crippen MR) is 121 cm³/mol. The van der Waals surface area contributed by atoms with E-state index in [0.717, 1.165) is 34.6 Å². The van der Waals surface area contributed by atoms with Crippen molar-refractivity contribution in [1.82, 2.24) is 8.87 Å². The fourth-order valence-corrected chi connectivity index (χ4v) is 6.04. The first-order valence-electron chi connectivity index (χ1n) is 9.00. The Hall–Kier alpha value is -1.49. The Labute approximate surface area is 182 Å². The lowest BCUT2D eigenvalue weighted by atomic mass is 10.2. The zero-order valence-corrected chi connectivity index (χ0v) is 19.2. The molecule has 1 saturated heterocycles. The van der Waals surface area contributed by atoms with Crippen LogP contribution in [-0.4, -0.2) is 30.4 Å². The van der Waals surface area contributed by atoms with Gasteiger partial charge in [-0.05, 0) is 77.4 Å². The number of sulfonamides is 1. The van der Waals surface area contributed by atoms with Crippen molar-refractivity contribution in [2.45, 2.75) is 17.7 Å². The maximum Gasteiger partial charge on any atom is 0.243 e. The first-order chi connectivity index (χ1) is 13.4. The first-order valence-corrected chi connectivity index (χ1v) is 12.4. The van der Waals surface area contributed by atoms with Crippen LogP contribution in [0.4, 0.5) is 5.69 Å². The number of thiazole rings is 1. The molecule has 0 unspecified atom stereocenters. The third-order valence-electron chi connectivity index (χ3n) is 4.83. The van der Waals surface area contributed by atoms with Crippen molar-refractivity contribution in [1.29, 1.82) is 0 Å². The Morgan fingerprint density at radius 2 is 1.64 bits per heavy atom. The highest BCUT2D eigenvalue weighted by Crippen LogP contribution is 2.25. The summed E-state index contributed by atoms with van der Waals surface area (Å²) >= 11 is 3.84. The number of rotatable bonds is 4. The number of halogens is 1. The van der Waals surface area contributed by atoms with E-state index in [0.29, 0.717) is 18.0 Å². The van der Waals surface area contributed by atoms with Crippen molar-refractivity contribution in [2.24, 2.45) is 12.0 Å². The Balaban J connectivity index is 1.63. The second kappa shape index (κ2) is 8.10. The highest BCUT2D eigenvalue weighted by Gasteiger charge is 2.27. The average molecular weight is 525 g/mol. The average Bonchev–Trinajstić information content (AvgIpc) is 3.35. The van der Waals surface area contributed by atoms with Crippen molar-refractivity contribution in [3.63, 3.8) is 0 Å². The molecule has 28 heavy (non-hydrogen) atoms. The molecule has 0 atom stereocenters. The maximum absolute atomic E-state index is 12.7. The molecule has 5 nitrogen and oxygen atoms in total. The van der Waals surface area contributed by atoms with Crippen LogP contribution < -0.4 is 4.80 Å². The smallest absolute Gasteiger partial charge is 0.243 e.